The fourth-order valence-corrected chi connectivity index (χ4v) is 4.64. The molecule has 6 nitrogen and oxygen atoms in total. The molecule has 30 heavy (non-hydrogen) atoms. The summed E-state index contributed by atoms with van der Waals surface area (Å²) in [5, 5.41) is 12.1. The Bertz CT molecular complexity index is 1010. The van der Waals surface area contributed by atoms with Gasteiger partial charge in [-0.3, -0.25) is 4.79 Å². The van der Waals surface area contributed by atoms with Gasteiger partial charge < -0.3 is 10.7 Å². The van der Waals surface area contributed by atoms with Crippen molar-refractivity contribution >= 4 is 23.4 Å². The number of nitrogens with one attached hydrogen (secondary N) is 2. The molecule has 3 aromatic rings. The number of anilines is 1. The first-order valence-electron chi connectivity index (χ1n) is 10.4. The van der Waals surface area contributed by atoms with Gasteiger partial charge in [-0.25, -0.2) is 4.68 Å². The number of aromatic nitrogens is 3. The maximum atomic E-state index is 13.3. The second-order valence-electron chi connectivity index (χ2n) is 7.58. The summed E-state index contributed by atoms with van der Waals surface area (Å²) in [6.07, 6.45) is 2.81. The van der Waals surface area contributed by atoms with Gasteiger partial charge in [-0.15, -0.1) is 10.2 Å². The topological polar surface area (TPSA) is 71.8 Å². The van der Waals surface area contributed by atoms with Crippen LogP contribution < -0.4 is 10.7 Å². The molecule has 2 heterocycles. The van der Waals surface area contributed by atoms with Crippen molar-refractivity contribution in [2.45, 2.75) is 56.5 Å². The van der Waals surface area contributed by atoms with Gasteiger partial charge in [0.2, 0.25) is 11.1 Å². The molecule has 0 bridgehead atoms. The number of thioether (sulfide) groups is 1. The molecular formula is C23H27N5OS. The molecule has 2 atom stereocenters. The van der Waals surface area contributed by atoms with Gasteiger partial charge in [0.05, 0.1) is 6.04 Å². The summed E-state index contributed by atoms with van der Waals surface area (Å²) >= 11 is 1.46. The van der Waals surface area contributed by atoms with Crippen molar-refractivity contribution in [2.75, 3.05) is 10.7 Å². The first-order valence-corrected chi connectivity index (χ1v) is 11.3. The molecule has 0 saturated heterocycles. The van der Waals surface area contributed by atoms with Crippen molar-refractivity contribution in [1.82, 2.24) is 14.9 Å². The van der Waals surface area contributed by atoms with Crippen LogP contribution in [-0.4, -0.2) is 26.0 Å². The lowest BCUT2D eigenvalue weighted by atomic mass is 10.0. The van der Waals surface area contributed by atoms with Crippen LogP contribution in [0.4, 0.5) is 5.69 Å². The van der Waals surface area contributed by atoms with Crippen molar-refractivity contribution in [1.29, 1.82) is 0 Å². The van der Waals surface area contributed by atoms with Gasteiger partial charge in [-0.2, -0.15) is 0 Å². The summed E-state index contributed by atoms with van der Waals surface area (Å²) in [5.41, 5.74) is 7.83. The van der Waals surface area contributed by atoms with Crippen molar-refractivity contribution in [2.24, 2.45) is 0 Å². The van der Waals surface area contributed by atoms with Gasteiger partial charge >= 0.3 is 0 Å². The Kier molecular flexibility index (Phi) is 6.08. The molecule has 0 aliphatic carbocycles. The van der Waals surface area contributed by atoms with Gasteiger partial charge in [0.25, 0.3) is 0 Å². The highest BCUT2D eigenvalue weighted by molar-refractivity contribution is 8.00. The third kappa shape index (κ3) is 4.21. The van der Waals surface area contributed by atoms with Crippen LogP contribution in [0.15, 0.2) is 53.7 Å². The lowest BCUT2D eigenvalue weighted by molar-refractivity contribution is -0.116. The second kappa shape index (κ2) is 8.92. The van der Waals surface area contributed by atoms with E-state index in [4.69, 9.17) is 0 Å². The summed E-state index contributed by atoms with van der Waals surface area (Å²) in [5.74, 6) is 0.847. The fourth-order valence-electron chi connectivity index (χ4n) is 3.55. The zero-order valence-electron chi connectivity index (χ0n) is 17.6. The number of nitrogens with zero attached hydrogens (tertiary/aromatic N) is 3. The number of benzene rings is 2. The lowest BCUT2D eigenvalue weighted by Crippen LogP contribution is -2.41. The summed E-state index contributed by atoms with van der Waals surface area (Å²) in [6, 6.07) is 16.1. The minimum atomic E-state index is -0.370. The highest BCUT2D eigenvalue weighted by Crippen LogP contribution is 2.37. The predicted molar refractivity (Wildman–Crippen MR) is 121 cm³/mol. The van der Waals surface area contributed by atoms with E-state index >= 15 is 0 Å². The average molecular weight is 422 g/mol. The highest BCUT2D eigenvalue weighted by Gasteiger charge is 2.37. The molecule has 0 fully saturated rings. The molecule has 0 radical (unpaired) electrons. The number of hydrogen-bond acceptors (Lipinski definition) is 5. The number of rotatable bonds is 6. The number of fused-ring (bicyclic) bond motifs is 1. The molecule has 1 amide bonds. The van der Waals surface area contributed by atoms with Gasteiger partial charge in [-0.1, -0.05) is 67.6 Å². The van der Waals surface area contributed by atoms with Crippen molar-refractivity contribution < 1.29 is 4.79 Å². The van der Waals surface area contributed by atoms with E-state index in [-0.39, 0.29) is 17.2 Å². The van der Waals surface area contributed by atoms with E-state index in [0.29, 0.717) is 0 Å². The molecule has 4 rings (SSSR count). The fraction of sp³-hybridized carbons (Fsp3) is 0.348. The van der Waals surface area contributed by atoms with Crippen molar-refractivity contribution in [3.63, 3.8) is 0 Å². The largest absolute Gasteiger partial charge is 0.325 e. The number of carbonyl (C=O) groups is 1. The van der Waals surface area contributed by atoms with Crippen LogP contribution in [0, 0.1) is 6.92 Å². The van der Waals surface area contributed by atoms with Crippen LogP contribution in [0.5, 0.6) is 0 Å². The number of carbonyl (C=O) groups excluding carboxylic acids is 1. The average Bonchev–Trinajstić information content (AvgIpc) is 3.16. The molecule has 156 valence electrons. The molecule has 1 aromatic heterocycles. The molecule has 0 saturated carbocycles. The van der Waals surface area contributed by atoms with E-state index in [9.17, 15) is 4.79 Å². The van der Waals surface area contributed by atoms with Crippen LogP contribution >= 0.6 is 11.8 Å². The molecule has 0 spiro atoms. The van der Waals surface area contributed by atoms with Crippen LogP contribution in [0.2, 0.25) is 0 Å². The zero-order valence-corrected chi connectivity index (χ0v) is 18.4. The SMILES string of the molecule is CCCc1nnc2n1N[C@H](c1ccc(CC)cc1)[C@@H](C(=O)Nc1ccc(C)cc1)S2. The van der Waals surface area contributed by atoms with Crippen molar-refractivity contribution in [3.05, 3.63) is 71.0 Å². The standard InChI is InChI=1S/C23H27N5OS/c1-4-6-19-25-26-23-28(19)27-20(17-11-9-16(5-2)10-12-17)21(30-23)22(29)24-18-13-7-15(3)8-14-18/h7-14,20-21,27H,4-6H2,1-3H3,(H,24,29)/t20-,21+/m1/s1. The Morgan fingerprint density at radius 3 is 2.50 bits per heavy atom. The zero-order chi connectivity index (χ0) is 21.1. The number of amides is 1. The third-order valence-electron chi connectivity index (χ3n) is 5.30. The van der Waals surface area contributed by atoms with Gasteiger partial charge in [0.15, 0.2) is 5.82 Å². The second-order valence-corrected chi connectivity index (χ2v) is 8.69. The summed E-state index contributed by atoms with van der Waals surface area (Å²) in [6.45, 7) is 6.29. The normalized spacial score (nSPS) is 17.8. The molecule has 1 aliphatic rings. The smallest absolute Gasteiger partial charge is 0.240 e. The first-order chi connectivity index (χ1) is 14.6. The molecule has 2 aromatic carbocycles. The predicted octanol–water partition coefficient (Wildman–Crippen LogP) is 4.50. The minimum absolute atomic E-state index is 0.0489. The molecule has 2 N–H and O–H groups in total. The molecular weight excluding hydrogens is 394 g/mol. The van der Waals surface area contributed by atoms with Crippen LogP contribution in [0.25, 0.3) is 0 Å². The van der Waals surface area contributed by atoms with E-state index in [1.54, 1.807) is 0 Å². The first kappa shape index (κ1) is 20.5. The van der Waals surface area contributed by atoms with Crippen LogP contribution in [0.3, 0.4) is 0 Å². The van der Waals surface area contributed by atoms with Gasteiger partial charge in [0, 0.05) is 12.1 Å². The maximum Gasteiger partial charge on any atom is 0.240 e. The quantitative estimate of drug-likeness (QED) is 0.613. The Labute approximate surface area is 181 Å². The van der Waals surface area contributed by atoms with Crippen LogP contribution in [-0.2, 0) is 17.6 Å². The van der Waals surface area contributed by atoms with E-state index in [0.717, 1.165) is 47.1 Å². The van der Waals surface area contributed by atoms with E-state index in [1.165, 1.54) is 17.3 Å². The van der Waals surface area contributed by atoms with Gasteiger partial charge in [-0.05, 0) is 43.0 Å². The summed E-state index contributed by atoms with van der Waals surface area (Å²) < 4.78 is 1.95. The minimum Gasteiger partial charge on any atom is -0.325 e. The Hall–Kier alpha value is -2.80. The van der Waals surface area contributed by atoms with E-state index < -0.39 is 0 Å². The number of hydrogen-bond donors (Lipinski definition) is 2. The third-order valence-corrected chi connectivity index (χ3v) is 6.52. The molecule has 1 aliphatic heterocycles. The Balaban J connectivity index is 1.65. The lowest BCUT2D eigenvalue weighted by Gasteiger charge is -2.33. The van der Waals surface area contributed by atoms with Gasteiger partial charge in [0.1, 0.15) is 5.25 Å². The monoisotopic (exact) mass is 421 g/mol. The van der Waals surface area contributed by atoms with E-state index in [2.05, 4.69) is 59.1 Å². The van der Waals surface area contributed by atoms with Crippen molar-refractivity contribution in [3.8, 4) is 0 Å². The molecule has 7 heteroatoms. The number of aryl methyl sites for hydroxylation is 3. The summed E-state index contributed by atoms with van der Waals surface area (Å²) in [7, 11) is 0. The Morgan fingerprint density at radius 2 is 1.83 bits per heavy atom. The van der Waals surface area contributed by atoms with E-state index in [1.807, 2.05) is 35.9 Å². The summed E-state index contributed by atoms with van der Waals surface area (Å²) in [4.78, 5) is 13.3. The van der Waals surface area contributed by atoms with Crippen LogP contribution in [0.1, 0.15) is 48.8 Å². The Morgan fingerprint density at radius 1 is 1.10 bits per heavy atom. The highest BCUT2D eigenvalue weighted by atomic mass is 32.2. The molecule has 0 unspecified atom stereocenters. The maximum absolute atomic E-state index is 13.3.